The molecule has 0 radical (unpaired) electrons. The number of hydrogen-bond acceptors (Lipinski definition) is 2. The van der Waals surface area contributed by atoms with Crippen LogP contribution in [-0.4, -0.2) is 30.6 Å². The van der Waals surface area contributed by atoms with E-state index in [9.17, 15) is 0 Å². The highest BCUT2D eigenvalue weighted by Crippen LogP contribution is 2.14. The molecule has 1 fully saturated rings. The molecule has 1 rings (SSSR count). The first-order valence-corrected chi connectivity index (χ1v) is 4.83. The minimum absolute atomic E-state index is 0.423. The summed E-state index contributed by atoms with van der Waals surface area (Å²) >= 11 is 0. The van der Waals surface area contributed by atoms with Crippen LogP contribution in [0, 0.1) is 5.92 Å². The molecule has 12 heavy (non-hydrogen) atoms. The highest BCUT2D eigenvalue weighted by atomic mass is 15.1. The van der Waals surface area contributed by atoms with Crippen LogP contribution in [0.4, 0.5) is 0 Å². The molecular weight excluding hydrogens is 148 g/mol. The molecule has 1 aliphatic rings. The van der Waals surface area contributed by atoms with E-state index >= 15 is 0 Å². The minimum Gasteiger partial charge on any atom is -0.327 e. The summed E-state index contributed by atoms with van der Waals surface area (Å²) < 4.78 is 0. The normalized spacial score (nSPS) is 32.9. The Morgan fingerprint density at radius 1 is 1.58 bits per heavy atom. The van der Waals surface area contributed by atoms with Gasteiger partial charge in [-0.2, -0.15) is 0 Å². The summed E-state index contributed by atoms with van der Waals surface area (Å²) in [6.07, 6.45) is 5.47. The summed E-state index contributed by atoms with van der Waals surface area (Å²) in [5.74, 6) is 0.656. The van der Waals surface area contributed by atoms with Crippen LogP contribution in [-0.2, 0) is 0 Å². The van der Waals surface area contributed by atoms with Crippen molar-refractivity contribution < 1.29 is 0 Å². The fraction of sp³-hybridized carbons (Fsp3) is 0.800. The van der Waals surface area contributed by atoms with Crippen molar-refractivity contribution in [1.29, 1.82) is 0 Å². The Morgan fingerprint density at radius 3 is 2.92 bits per heavy atom. The second-order valence-electron chi connectivity index (χ2n) is 3.76. The molecule has 0 aromatic rings. The van der Waals surface area contributed by atoms with Crippen LogP contribution < -0.4 is 5.73 Å². The van der Waals surface area contributed by atoms with Gasteiger partial charge in [-0.25, -0.2) is 0 Å². The molecular formula is C10H20N2. The predicted molar refractivity (Wildman–Crippen MR) is 53.0 cm³/mol. The third-order valence-corrected chi connectivity index (χ3v) is 2.66. The van der Waals surface area contributed by atoms with Crippen molar-refractivity contribution in [3.05, 3.63) is 12.2 Å². The fourth-order valence-corrected chi connectivity index (χ4v) is 1.67. The number of nitrogens with two attached hydrogens (primary N) is 1. The summed E-state index contributed by atoms with van der Waals surface area (Å²) in [4.78, 5) is 2.47. The van der Waals surface area contributed by atoms with Crippen molar-refractivity contribution in [2.75, 3.05) is 19.6 Å². The summed E-state index contributed by atoms with van der Waals surface area (Å²) in [7, 11) is 0. The van der Waals surface area contributed by atoms with Crippen LogP contribution in [0.5, 0.6) is 0 Å². The molecule has 0 amide bonds. The molecule has 2 N–H and O–H groups in total. The van der Waals surface area contributed by atoms with Crippen LogP contribution in [0.3, 0.4) is 0 Å². The van der Waals surface area contributed by atoms with Gasteiger partial charge in [-0.05, 0) is 25.8 Å². The van der Waals surface area contributed by atoms with E-state index in [1.807, 2.05) is 0 Å². The Morgan fingerprint density at radius 2 is 2.33 bits per heavy atom. The predicted octanol–water partition coefficient (Wildman–Crippen LogP) is 1.23. The Kier molecular flexibility index (Phi) is 3.76. The molecule has 2 heteroatoms. The van der Waals surface area contributed by atoms with Gasteiger partial charge >= 0.3 is 0 Å². The molecule has 2 nitrogen and oxygen atoms in total. The van der Waals surface area contributed by atoms with Gasteiger partial charge in [0.05, 0.1) is 0 Å². The molecule has 70 valence electrons. The summed E-state index contributed by atoms with van der Waals surface area (Å²) in [6.45, 7) is 7.72. The third-order valence-electron chi connectivity index (χ3n) is 2.66. The van der Waals surface area contributed by atoms with Crippen LogP contribution in [0.2, 0.25) is 0 Å². The lowest BCUT2D eigenvalue weighted by molar-refractivity contribution is 0.180. The molecule has 0 spiro atoms. The van der Waals surface area contributed by atoms with Gasteiger partial charge in [-0.3, -0.25) is 4.90 Å². The Bertz CT molecular complexity index is 154. The molecule has 0 aromatic heterocycles. The van der Waals surface area contributed by atoms with Crippen molar-refractivity contribution in [1.82, 2.24) is 4.90 Å². The zero-order valence-electron chi connectivity index (χ0n) is 8.16. The van der Waals surface area contributed by atoms with E-state index in [2.05, 4.69) is 30.9 Å². The maximum Gasteiger partial charge on any atom is 0.0163 e. The van der Waals surface area contributed by atoms with Crippen LogP contribution in [0.1, 0.15) is 20.3 Å². The molecule has 1 aliphatic heterocycles. The van der Waals surface area contributed by atoms with Crippen molar-refractivity contribution in [2.45, 2.75) is 26.3 Å². The van der Waals surface area contributed by atoms with E-state index in [1.165, 1.54) is 0 Å². The van der Waals surface area contributed by atoms with Crippen molar-refractivity contribution in [3.8, 4) is 0 Å². The zero-order chi connectivity index (χ0) is 8.97. The first-order chi connectivity index (χ1) is 5.74. The highest BCUT2D eigenvalue weighted by Gasteiger charge is 2.21. The molecule has 0 aliphatic carbocycles. The van der Waals surface area contributed by atoms with Gasteiger partial charge < -0.3 is 5.73 Å². The first kappa shape index (κ1) is 9.75. The minimum atomic E-state index is 0.423. The van der Waals surface area contributed by atoms with E-state index in [-0.39, 0.29) is 0 Å². The van der Waals surface area contributed by atoms with Gasteiger partial charge in [0, 0.05) is 19.1 Å². The number of hydrogen-bond donors (Lipinski definition) is 1. The van der Waals surface area contributed by atoms with E-state index in [4.69, 9.17) is 5.73 Å². The molecule has 1 saturated heterocycles. The van der Waals surface area contributed by atoms with Gasteiger partial charge in [0.1, 0.15) is 0 Å². The second kappa shape index (κ2) is 4.63. The maximum atomic E-state index is 5.92. The number of rotatable bonds is 2. The zero-order valence-corrected chi connectivity index (χ0v) is 8.16. The fourth-order valence-electron chi connectivity index (χ4n) is 1.67. The highest BCUT2D eigenvalue weighted by molar-refractivity contribution is 4.86. The number of piperidine rings is 1. The quantitative estimate of drug-likeness (QED) is 0.628. The van der Waals surface area contributed by atoms with Crippen molar-refractivity contribution in [3.63, 3.8) is 0 Å². The van der Waals surface area contributed by atoms with E-state index in [0.29, 0.717) is 12.0 Å². The van der Waals surface area contributed by atoms with Crippen LogP contribution in [0.25, 0.3) is 0 Å². The number of likely N-dealkylation sites (tertiary alicyclic amines) is 1. The molecule has 0 aromatic carbocycles. The molecule has 2 atom stereocenters. The summed E-state index contributed by atoms with van der Waals surface area (Å²) in [5.41, 5.74) is 5.92. The van der Waals surface area contributed by atoms with E-state index in [0.717, 1.165) is 26.1 Å². The molecule has 1 heterocycles. The Hall–Kier alpha value is -0.340. The smallest absolute Gasteiger partial charge is 0.0163 e. The van der Waals surface area contributed by atoms with Gasteiger partial charge in [0.2, 0.25) is 0 Å². The summed E-state index contributed by atoms with van der Waals surface area (Å²) in [5, 5.41) is 0. The van der Waals surface area contributed by atoms with Gasteiger partial charge in [-0.1, -0.05) is 19.1 Å². The van der Waals surface area contributed by atoms with Gasteiger partial charge in [0.25, 0.3) is 0 Å². The van der Waals surface area contributed by atoms with E-state index < -0.39 is 0 Å². The van der Waals surface area contributed by atoms with Crippen molar-refractivity contribution >= 4 is 0 Å². The largest absolute Gasteiger partial charge is 0.327 e. The second-order valence-corrected chi connectivity index (χ2v) is 3.76. The first-order valence-electron chi connectivity index (χ1n) is 4.83. The van der Waals surface area contributed by atoms with Crippen LogP contribution >= 0.6 is 0 Å². The lowest BCUT2D eigenvalue weighted by atomic mass is 9.95. The van der Waals surface area contributed by atoms with Crippen LogP contribution in [0.15, 0.2) is 12.2 Å². The Labute approximate surface area is 75.4 Å². The number of nitrogens with zero attached hydrogens (tertiary/aromatic N) is 1. The van der Waals surface area contributed by atoms with E-state index in [1.54, 1.807) is 0 Å². The summed E-state index contributed by atoms with van der Waals surface area (Å²) in [6, 6.07) is 0.423. The topological polar surface area (TPSA) is 29.3 Å². The average molecular weight is 168 g/mol. The maximum absolute atomic E-state index is 5.92. The van der Waals surface area contributed by atoms with Crippen molar-refractivity contribution in [2.24, 2.45) is 11.7 Å². The lowest BCUT2D eigenvalue weighted by Crippen LogP contribution is -2.45. The number of allylic oxidation sites excluding steroid dienone is 1. The van der Waals surface area contributed by atoms with Gasteiger partial charge in [0.15, 0.2) is 0 Å². The van der Waals surface area contributed by atoms with Gasteiger partial charge in [-0.15, -0.1) is 0 Å². The third kappa shape index (κ3) is 2.61. The standard InChI is InChI=1S/C10H20N2/c1-3-4-6-12-7-5-10(11)9(2)8-12/h3-4,9-10H,5-8,11H2,1-2H3/b4-3+. The lowest BCUT2D eigenvalue weighted by Gasteiger charge is -2.34. The monoisotopic (exact) mass is 168 g/mol. The SMILES string of the molecule is C/C=C/CN1CCC(N)C(C)C1. The molecule has 0 saturated carbocycles. The molecule has 0 bridgehead atoms. The molecule has 2 unspecified atom stereocenters. The average Bonchev–Trinajstić information content (AvgIpc) is 2.07. The Balaban J connectivity index is 2.30.